The molecular weight excluding hydrogens is 488 g/mol. The van der Waals surface area contributed by atoms with Crippen LogP contribution < -0.4 is 0 Å². The van der Waals surface area contributed by atoms with Gasteiger partial charge in [-0.2, -0.15) is 0 Å². The lowest BCUT2D eigenvalue weighted by atomic mass is 10.00. The predicted molar refractivity (Wildman–Crippen MR) is 167 cm³/mol. The Morgan fingerprint density at radius 1 is 0.425 bits per heavy atom. The molecule has 0 bridgehead atoms. The lowest BCUT2D eigenvalue weighted by Crippen LogP contribution is -1.92. The highest BCUT2D eigenvalue weighted by Gasteiger charge is 2.16. The van der Waals surface area contributed by atoms with Crippen LogP contribution >= 0.6 is 0 Å². The van der Waals surface area contributed by atoms with Crippen molar-refractivity contribution in [3.8, 4) is 16.8 Å². The van der Waals surface area contributed by atoms with Crippen LogP contribution in [-0.2, 0) is 7.05 Å². The van der Waals surface area contributed by atoms with Gasteiger partial charge < -0.3 is 13.6 Å². The maximum atomic E-state index is 6.20. The first-order valence-electron chi connectivity index (χ1n) is 13.7. The zero-order valence-corrected chi connectivity index (χ0v) is 21.9. The van der Waals surface area contributed by atoms with Crippen LogP contribution in [0.1, 0.15) is 0 Å². The molecule has 40 heavy (non-hydrogen) atoms. The molecule has 0 saturated carbocycles. The molecule has 0 saturated heterocycles. The largest absolute Gasteiger partial charge is 0.456 e. The van der Waals surface area contributed by atoms with Gasteiger partial charge in [-0.15, -0.1) is 0 Å². The highest BCUT2D eigenvalue weighted by molar-refractivity contribution is 6.17. The van der Waals surface area contributed by atoms with Crippen molar-refractivity contribution < 1.29 is 4.42 Å². The third-order valence-electron chi connectivity index (χ3n) is 8.52. The van der Waals surface area contributed by atoms with Crippen LogP contribution in [0.2, 0.25) is 0 Å². The standard InChI is InChI=1S/C37H24N2O/c1-38-32-17-15-23(20-29(32)30-21-31-27-12-6-8-14-36(27)40-37(31)22-35(30)38)24-16-18-34-28(19-24)26-11-5-7-13-33(26)39(34)25-9-3-2-4-10-25/h2-22H,1H3. The molecule has 9 rings (SSSR count). The van der Waals surface area contributed by atoms with Crippen molar-refractivity contribution in [3.63, 3.8) is 0 Å². The normalized spacial score (nSPS) is 12.1. The molecule has 6 aromatic carbocycles. The third-order valence-corrected chi connectivity index (χ3v) is 8.52. The summed E-state index contributed by atoms with van der Waals surface area (Å²) in [4.78, 5) is 0. The van der Waals surface area contributed by atoms with Crippen LogP contribution in [0, 0.1) is 0 Å². The number of aryl methyl sites for hydroxylation is 1. The van der Waals surface area contributed by atoms with Gasteiger partial charge in [0.25, 0.3) is 0 Å². The molecule has 9 aromatic rings. The highest BCUT2D eigenvalue weighted by Crippen LogP contribution is 2.39. The van der Waals surface area contributed by atoms with Gasteiger partial charge in [0.2, 0.25) is 0 Å². The average molecular weight is 513 g/mol. The molecule has 0 aliphatic rings. The van der Waals surface area contributed by atoms with Crippen LogP contribution in [0.3, 0.4) is 0 Å². The van der Waals surface area contributed by atoms with Gasteiger partial charge in [0.15, 0.2) is 0 Å². The number of furan rings is 1. The van der Waals surface area contributed by atoms with E-state index in [1.807, 2.05) is 12.1 Å². The quantitative estimate of drug-likeness (QED) is 0.226. The molecule has 3 aromatic heterocycles. The van der Waals surface area contributed by atoms with E-state index in [9.17, 15) is 0 Å². The second-order valence-electron chi connectivity index (χ2n) is 10.7. The molecule has 0 aliphatic carbocycles. The minimum Gasteiger partial charge on any atom is -0.456 e. The number of hydrogen-bond donors (Lipinski definition) is 0. The Labute approximate surface area is 230 Å². The minimum absolute atomic E-state index is 0.931. The van der Waals surface area contributed by atoms with Gasteiger partial charge in [-0.05, 0) is 65.7 Å². The molecule has 0 amide bonds. The zero-order chi connectivity index (χ0) is 26.4. The number of nitrogens with zero attached hydrogens (tertiary/aromatic N) is 2. The summed E-state index contributed by atoms with van der Waals surface area (Å²) >= 11 is 0. The lowest BCUT2D eigenvalue weighted by Gasteiger charge is -2.08. The van der Waals surface area contributed by atoms with Crippen LogP contribution in [0.4, 0.5) is 0 Å². The van der Waals surface area contributed by atoms with E-state index in [1.54, 1.807) is 0 Å². The van der Waals surface area contributed by atoms with E-state index in [0.717, 1.165) is 21.9 Å². The van der Waals surface area contributed by atoms with Crippen molar-refractivity contribution in [3.05, 3.63) is 127 Å². The van der Waals surface area contributed by atoms with E-state index >= 15 is 0 Å². The fourth-order valence-electron chi connectivity index (χ4n) is 6.62. The Morgan fingerprint density at radius 2 is 1.05 bits per heavy atom. The van der Waals surface area contributed by atoms with Crippen molar-refractivity contribution in [1.29, 1.82) is 0 Å². The fourth-order valence-corrected chi connectivity index (χ4v) is 6.62. The molecular formula is C37H24N2O. The Balaban J connectivity index is 1.28. The predicted octanol–water partition coefficient (Wildman–Crippen LogP) is 9.99. The third kappa shape index (κ3) is 2.89. The Hall–Kier alpha value is -5.28. The average Bonchev–Trinajstić information content (AvgIpc) is 3.63. The van der Waals surface area contributed by atoms with Gasteiger partial charge in [0.1, 0.15) is 11.2 Å². The molecule has 0 unspecified atom stereocenters. The van der Waals surface area contributed by atoms with Gasteiger partial charge in [-0.25, -0.2) is 0 Å². The molecule has 3 heterocycles. The Kier molecular flexibility index (Phi) is 4.26. The maximum Gasteiger partial charge on any atom is 0.137 e. The summed E-state index contributed by atoms with van der Waals surface area (Å²) in [7, 11) is 2.14. The van der Waals surface area contributed by atoms with Crippen molar-refractivity contribution >= 4 is 65.6 Å². The molecule has 0 N–H and O–H groups in total. The summed E-state index contributed by atoms with van der Waals surface area (Å²) in [5.41, 5.74) is 10.3. The van der Waals surface area contributed by atoms with Crippen molar-refractivity contribution in [2.45, 2.75) is 0 Å². The Bertz CT molecular complexity index is 2440. The van der Waals surface area contributed by atoms with E-state index in [0.29, 0.717) is 0 Å². The van der Waals surface area contributed by atoms with E-state index in [2.05, 4.69) is 131 Å². The summed E-state index contributed by atoms with van der Waals surface area (Å²) in [6.45, 7) is 0. The monoisotopic (exact) mass is 512 g/mol. The Morgan fingerprint density at radius 3 is 1.88 bits per heavy atom. The van der Waals surface area contributed by atoms with Crippen molar-refractivity contribution in [2.24, 2.45) is 7.05 Å². The first-order chi connectivity index (χ1) is 19.7. The van der Waals surface area contributed by atoms with Gasteiger partial charge in [-0.1, -0.05) is 66.7 Å². The van der Waals surface area contributed by atoms with Crippen molar-refractivity contribution in [2.75, 3.05) is 0 Å². The summed E-state index contributed by atoms with van der Waals surface area (Å²) in [5.74, 6) is 0. The number of benzene rings is 6. The zero-order valence-electron chi connectivity index (χ0n) is 21.9. The second kappa shape index (κ2) is 7.87. The van der Waals surface area contributed by atoms with Gasteiger partial charge in [0.05, 0.1) is 16.6 Å². The molecule has 0 radical (unpaired) electrons. The van der Waals surface area contributed by atoms with Gasteiger partial charge in [0, 0.05) is 56.6 Å². The number of aromatic nitrogens is 2. The second-order valence-corrected chi connectivity index (χ2v) is 10.7. The van der Waals surface area contributed by atoms with Gasteiger partial charge >= 0.3 is 0 Å². The first kappa shape index (κ1) is 21.6. The lowest BCUT2D eigenvalue weighted by molar-refractivity contribution is 0.669. The molecule has 3 nitrogen and oxygen atoms in total. The summed E-state index contributed by atoms with van der Waals surface area (Å²) in [6, 6.07) is 45.8. The first-order valence-corrected chi connectivity index (χ1v) is 13.7. The highest BCUT2D eigenvalue weighted by atomic mass is 16.3. The topological polar surface area (TPSA) is 23.0 Å². The number of fused-ring (bicyclic) bond motifs is 9. The number of para-hydroxylation sites is 3. The molecule has 0 atom stereocenters. The molecule has 0 aliphatic heterocycles. The minimum atomic E-state index is 0.931. The van der Waals surface area contributed by atoms with Crippen LogP contribution in [0.25, 0.3) is 82.4 Å². The molecule has 0 spiro atoms. The SMILES string of the molecule is Cn1c2ccc(-c3ccc4c(c3)c3ccccc3n4-c3ccccc3)cc2c2cc3c(cc21)oc1ccccc13. The van der Waals surface area contributed by atoms with E-state index in [-0.39, 0.29) is 0 Å². The van der Waals surface area contributed by atoms with Crippen molar-refractivity contribution in [1.82, 2.24) is 9.13 Å². The molecule has 0 fully saturated rings. The smallest absolute Gasteiger partial charge is 0.137 e. The number of rotatable bonds is 2. The van der Waals surface area contributed by atoms with E-state index in [1.165, 1.54) is 60.4 Å². The van der Waals surface area contributed by atoms with Crippen LogP contribution in [-0.4, -0.2) is 9.13 Å². The van der Waals surface area contributed by atoms with Crippen LogP contribution in [0.15, 0.2) is 132 Å². The summed E-state index contributed by atoms with van der Waals surface area (Å²) in [5, 5.41) is 7.36. The number of hydrogen-bond acceptors (Lipinski definition) is 1. The fraction of sp³-hybridized carbons (Fsp3) is 0.0270. The summed E-state index contributed by atoms with van der Waals surface area (Å²) < 4.78 is 10.8. The summed E-state index contributed by atoms with van der Waals surface area (Å²) in [6.07, 6.45) is 0. The van der Waals surface area contributed by atoms with E-state index < -0.39 is 0 Å². The van der Waals surface area contributed by atoms with Gasteiger partial charge in [-0.3, -0.25) is 0 Å². The van der Waals surface area contributed by atoms with Crippen LogP contribution in [0.5, 0.6) is 0 Å². The van der Waals surface area contributed by atoms with E-state index in [4.69, 9.17) is 4.42 Å². The molecule has 3 heteroatoms. The molecule has 188 valence electrons. The maximum absolute atomic E-state index is 6.20.